The number of nitrogens with one attached hydrogen (secondary N) is 1. The molecule has 3 amide bonds. The van der Waals surface area contributed by atoms with Crippen LogP contribution in [0.1, 0.15) is 11.1 Å². The summed E-state index contributed by atoms with van der Waals surface area (Å²) in [5.74, 6) is 0.410. The minimum atomic E-state index is -0.571. The van der Waals surface area contributed by atoms with E-state index in [2.05, 4.69) is 21.2 Å². The lowest BCUT2D eigenvalue weighted by Crippen LogP contribution is -2.36. The third-order valence-corrected chi connectivity index (χ3v) is 7.70. The highest BCUT2D eigenvalue weighted by atomic mass is 79.9. The van der Waals surface area contributed by atoms with Gasteiger partial charge >= 0.3 is 0 Å². The molecule has 0 spiro atoms. The van der Waals surface area contributed by atoms with E-state index in [1.54, 1.807) is 60.7 Å². The van der Waals surface area contributed by atoms with Crippen molar-refractivity contribution >= 4 is 79.7 Å². The zero-order valence-electron chi connectivity index (χ0n) is 20.6. The molecule has 39 heavy (non-hydrogen) atoms. The summed E-state index contributed by atoms with van der Waals surface area (Å²) in [6.45, 7) is -0.242. The van der Waals surface area contributed by atoms with Crippen molar-refractivity contribution in [2.75, 3.05) is 26.1 Å². The van der Waals surface area contributed by atoms with Gasteiger partial charge in [0.2, 0.25) is 5.91 Å². The van der Waals surface area contributed by atoms with Crippen molar-refractivity contribution in [3.63, 3.8) is 0 Å². The molecular formula is C27H21BrCl2N2O6S. The Morgan fingerprint density at radius 2 is 1.77 bits per heavy atom. The summed E-state index contributed by atoms with van der Waals surface area (Å²) in [4.78, 5) is 39.1. The SMILES string of the molecule is COc1ccc(NC(=O)CN2C(=O)S/C(=C/c3cc(OC)c(OCc4ccc(Cl)cc4Cl)cc3Br)C2=O)cc1. The number of hydrogen-bond donors (Lipinski definition) is 1. The number of carbonyl (C=O) groups excluding carboxylic acids is 3. The molecule has 0 saturated carbocycles. The zero-order valence-corrected chi connectivity index (χ0v) is 24.5. The predicted molar refractivity (Wildman–Crippen MR) is 156 cm³/mol. The molecular weight excluding hydrogens is 631 g/mol. The number of anilines is 1. The molecule has 12 heteroatoms. The first-order chi connectivity index (χ1) is 18.7. The van der Waals surface area contributed by atoms with E-state index < -0.39 is 23.6 Å². The second-order valence-electron chi connectivity index (χ2n) is 8.09. The van der Waals surface area contributed by atoms with Gasteiger partial charge < -0.3 is 19.5 Å². The molecule has 0 unspecified atom stereocenters. The normalized spacial score (nSPS) is 14.1. The summed E-state index contributed by atoms with van der Waals surface area (Å²) in [6, 6.07) is 15.2. The first-order valence-electron chi connectivity index (χ1n) is 11.3. The molecule has 202 valence electrons. The average molecular weight is 652 g/mol. The van der Waals surface area contributed by atoms with Crippen LogP contribution in [-0.4, -0.2) is 42.7 Å². The molecule has 1 aliphatic rings. The van der Waals surface area contributed by atoms with Crippen LogP contribution in [0.4, 0.5) is 10.5 Å². The highest BCUT2D eigenvalue weighted by Crippen LogP contribution is 2.38. The number of methoxy groups -OCH3 is 2. The maximum Gasteiger partial charge on any atom is 0.294 e. The number of imide groups is 1. The van der Waals surface area contributed by atoms with Crippen LogP contribution in [0.5, 0.6) is 17.2 Å². The van der Waals surface area contributed by atoms with Gasteiger partial charge in [-0.25, -0.2) is 0 Å². The second-order valence-corrected chi connectivity index (χ2v) is 10.8. The molecule has 1 N–H and O–H groups in total. The number of thioether (sulfide) groups is 1. The van der Waals surface area contributed by atoms with Crippen molar-refractivity contribution in [2.24, 2.45) is 0 Å². The Hall–Kier alpha value is -3.18. The molecule has 0 bridgehead atoms. The van der Waals surface area contributed by atoms with E-state index in [-0.39, 0.29) is 11.5 Å². The van der Waals surface area contributed by atoms with Crippen molar-refractivity contribution in [2.45, 2.75) is 6.61 Å². The van der Waals surface area contributed by atoms with E-state index in [0.717, 1.165) is 22.2 Å². The summed E-state index contributed by atoms with van der Waals surface area (Å²) < 4.78 is 17.1. The molecule has 1 heterocycles. The van der Waals surface area contributed by atoms with E-state index in [1.807, 2.05) is 0 Å². The lowest BCUT2D eigenvalue weighted by molar-refractivity contribution is -0.127. The van der Waals surface area contributed by atoms with Crippen molar-refractivity contribution in [1.29, 1.82) is 0 Å². The molecule has 0 aliphatic carbocycles. The van der Waals surface area contributed by atoms with E-state index >= 15 is 0 Å². The van der Waals surface area contributed by atoms with Crippen LogP contribution < -0.4 is 19.5 Å². The van der Waals surface area contributed by atoms with Crippen LogP contribution in [0.3, 0.4) is 0 Å². The Balaban J connectivity index is 1.46. The number of carbonyl (C=O) groups is 3. The van der Waals surface area contributed by atoms with Crippen LogP contribution in [0.2, 0.25) is 10.0 Å². The number of amides is 3. The van der Waals surface area contributed by atoms with Crippen LogP contribution in [0, 0.1) is 0 Å². The van der Waals surface area contributed by atoms with Crippen molar-refractivity contribution in [3.8, 4) is 17.2 Å². The molecule has 3 aromatic carbocycles. The Kier molecular flexibility index (Phi) is 9.45. The first-order valence-corrected chi connectivity index (χ1v) is 13.7. The molecule has 0 aromatic heterocycles. The molecule has 1 aliphatic heterocycles. The van der Waals surface area contributed by atoms with Crippen LogP contribution >= 0.6 is 50.9 Å². The van der Waals surface area contributed by atoms with Gasteiger partial charge in [-0.05, 0) is 71.9 Å². The maximum atomic E-state index is 13.0. The molecule has 8 nitrogen and oxygen atoms in total. The Bertz CT molecular complexity index is 1470. The van der Waals surface area contributed by atoms with Gasteiger partial charge in [-0.15, -0.1) is 0 Å². The Morgan fingerprint density at radius 3 is 2.44 bits per heavy atom. The molecule has 0 radical (unpaired) electrons. The summed E-state index contributed by atoms with van der Waals surface area (Å²) in [5.41, 5.74) is 1.84. The van der Waals surface area contributed by atoms with Crippen molar-refractivity contribution < 1.29 is 28.6 Å². The highest BCUT2D eigenvalue weighted by Gasteiger charge is 2.36. The fourth-order valence-corrected chi connectivity index (χ4v) is 5.25. The highest BCUT2D eigenvalue weighted by molar-refractivity contribution is 9.10. The minimum Gasteiger partial charge on any atom is -0.497 e. The standard InChI is InChI=1S/C27H21BrCl2N2O6S/c1-36-19-7-5-18(6-8-19)31-25(33)13-32-26(34)24(39-27(32)35)10-16-9-22(37-2)23(12-20(16)28)38-14-15-3-4-17(29)11-21(15)30/h3-12H,13-14H2,1-2H3,(H,31,33)/b24-10+. The molecule has 0 atom stereocenters. The van der Waals surface area contributed by atoms with Crippen molar-refractivity contribution in [1.82, 2.24) is 4.90 Å². The number of hydrogen-bond acceptors (Lipinski definition) is 7. The zero-order chi connectivity index (χ0) is 28.1. The maximum absolute atomic E-state index is 13.0. The summed E-state index contributed by atoms with van der Waals surface area (Å²) in [5, 5.41) is 3.12. The number of halogens is 3. The van der Waals surface area contributed by atoms with Crippen LogP contribution in [0.25, 0.3) is 6.08 Å². The fraction of sp³-hybridized carbons (Fsp3) is 0.148. The fourth-order valence-electron chi connectivity index (χ4n) is 3.52. The molecule has 1 saturated heterocycles. The van der Waals surface area contributed by atoms with Crippen LogP contribution in [0.15, 0.2) is 64.0 Å². The molecule has 3 aromatic rings. The van der Waals surface area contributed by atoms with Gasteiger partial charge in [0, 0.05) is 25.8 Å². The topological polar surface area (TPSA) is 94.2 Å². The van der Waals surface area contributed by atoms with Gasteiger partial charge in [-0.3, -0.25) is 19.3 Å². The quantitative estimate of drug-likeness (QED) is 0.248. The summed E-state index contributed by atoms with van der Waals surface area (Å²) in [7, 11) is 3.03. The Labute approximate surface area is 247 Å². The third kappa shape index (κ3) is 7.07. The van der Waals surface area contributed by atoms with Gasteiger partial charge in [0.1, 0.15) is 18.9 Å². The van der Waals surface area contributed by atoms with Crippen molar-refractivity contribution in [3.05, 3.63) is 85.1 Å². The van der Waals surface area contributed by atoms with Gasteiger partial charge in [0.25, 0.3) is 11.1 Å². The van der Waals surface area contributed by atoms with E-state index in [9.17, 15) is 14.4 Å². The van der Waals surface area contributed by atoms with Gasteiger partial charge in [-0.2, -0.15) is 0 Å². The number of benzene rings is 3. The van der Waals surface area contributed by atoms with Gasteiger partial charge in [-0.1, -0.05) is 45.2 Å². The number of ether oxygens (including phenoxy) is 3. The van der Waals surface area contributed by atoms with E-state index in [1.165, 1.54) is 14.2 Å². The number of nitrogens with zero attached hydrogens (tertiary/aromatic N) is 1. The smallest absolute Gasteiger partial charge is 0.294 e. The predicted octanol–water partition coefficient (Wildman–Crippen LogP) is 7.03. The third-order valence-electron chi connectivity index (χ3n) is 5.52. The summed E-state index contributed by atoms with van der Waals surface area (Å²) in [6.07, 6.45) is 1.55. The number of rotatable bonds is 9. The molecule has 1 fully saturated rings. The molecule has 4 rings (SSSR count). The largest absolute Gasteiger partial charge is 0.497 e. The van der Waals surface area contributed by atoms with Gasteiger partial charge in [0.15, 0.2) is 11.5 Å². The van der Waals surface area contributed by atoms with Gasteiger partial charge in [0.05, 0.1) is 19.1 Å². The minimum absolute atomic E-state index is 0.168. The van der Waals surface area contributed by atoms with E-state index in [4.69, 9.17) is 37.4 Å². The lowest BCUT2D eigenvalue weighted by Gasteiger charge is -2.14. The summed E-state index contributed by atoms with van der Waals surface area (Å²) >= 11 is 16.4. The average Bonchev–Trinajstić information content (AvgIpc) is 3.17. The second kappa shape index (κ2) is 12.8. The Morgan fingerprint density at radius 1 is 1.03 bits per heavy atom. The lowest BCUT2D eigenvalue weighted by atomic mass is 10.1. The van der Waals surface area contributed by atoms with E-state index in [0.29, 0.717) is 43.0 Å². The van der Waals surface area contributed by atoms with Crippen LogP contribution in [-0.2, 0) is 16.2 Å². The first kappa shape index (κ1) is 28.8. The monoisotopic (exact) mass is 650 g/mol.